The van der Waals surface area contributed by atoms with Gasteiger partial charge in [-0.1, -0.05) is 39.0 Å². The van der Waals surface area contributed by atoms with E-state index in [1.807, 2.05) is 43.3 Å². The van der Waals surface area contributed by atoms with Gasteiger partial charge in [0, 0.05) is 30.5 Å². The van der Waals surface area contributed by atoms with Crippen LogP contribution >= 0.6 is 0 Å². The Kier molecular flexibility index (Phi) is 6.69. The van der Waals surface area contributed by atoms with E-state index in [4.69, 9.17) is 0 Å². The maximum atomic E-state index is 12.7. The van der Waals surface area contributed by atoms with Crippen molar-refractivity contribution in [1.82, 2.24) is 15.2 Å². The molecule has 144 valence electrons. The van der Waals surface area contributed by atoms with Crippen LogP contribution in [-0.2, 0) is 5.41 Å². The van der Waals surface area contributed by atoms with E-state index in [9.17, 15) is 9.59 Å². The second-order valence-electron chi connectivity index (χ2n) is 7.74. The first-order chi connectivity index (χ1) is 12.7. The molecule has 1 heterocycles. The van der Waals surface area contributed by atoms with Crippen LogP contribution in [0.5, 0.6) is 0 Å². The van der Waals surface area contributed by atoms with Gasteiger partial charge in [-0.2, -0.15) is 0 Å². The number of para-hydroxylation sites is 1. The molecule has 0 unspecified atom stereocenters. The number of carbonyl (C=O) groups excluding carboxylic acids is 2. The largest absolute Gasteiger partial charge is 0.351 e. The highest BCUT2D eigenvalue weighted by atomic mass is 16.2. The van der Waals surface area contributed by atoms with E-state index in [0.717, 1.165) is 17.8 Å². The average molecular weight is 368 g/mol. The lowest BCUT2D eigenvalue weighted by atomic mass is 9.86. The predicted molar refractivity (Wildman–Crippen MR) is 108 cm³/mol. The molecule has 6 heteroatoms. The summed E-state index contributed by atoms with van der Waals surface area (Å²) in [6.07, 6.45) is 1.48. The maximum absolute atomic E-state index is 12.7. The second kappa shape index (κ2) is 8.77. The lowest BCUT2D eigenvalue weighted by Gasteiger charge is -2.22. The first kappa shape index (κ1) is 20.6. The number of benzene rings is 1. The number of pyridine rings is 1. The van der Waals surface area contributed by atoms with Crippen molar-refractivity contribution < 1.29 is 9.59 Å². The van der Waals surface area contributed by atoms with Crippen LogP contribution in [0, 0.1) is 0 Å². The average Bonchev–Trinajstić information content (AvgIpc) is 2.61. The molecule has 1 aromatic carbocycles. The van der Waals surface area contributed by atoms with Crippen LogP contribution in [0.25, 0.3) is 0 Å². The van der Waals surface area contributed by atoms with Crippen molar-refractivity contribution in [2.45, 2.75) is 26.2 Å². The number of aromatic nitrogens is 1. The molecule has 27 heavy (non-hydrogen) atoms. The molecule has 0 atom stereocenters. The first-order valence-corrected chi connectivity index (χ1v) is 8.98. The third-order valence-electron chi connectivity index (χ3n) is 4.08. The summed E-state index contributed by atoms with van der Waals surface area (Å²) >= 11 is 0. The molecule has 0 aliphatic heterocycles. The van der Waals surface area contributed by atoms with Gasteiger partial charge in [0.2, 0.25) is 0 Å². The highest BCUT2D eigenvalue weighted by Gasteiger charge is 2.19. The minimum atomic E-state index is -0.338. The van der Waals surface area contributed by atoms with E-state index in [0.29, 0.717) is 12.1 Å². The van der Waals surface area contributed by atoms with Crippen LogP contribution in [0.1, 0.15) is 47.2 Å². The summed E-state index contributed by atoms with van der Waals surface area (Å²) in [7, 11) is 3.88. The van der Waals surface area contributed by atoms with E-state index < -0.39 is 0 Å². The molecule has 0 saturated heterocycles. The van der Waals surface area contributed by atoms with E-state index in [-0.39, 0.29) is 22.9 Å². The maximum Gasteiger partial charge on any atom is 0.274 e. The topological polar surface area (TPSA) is 74.3 Å². The summed E-state index contributed by atoms with van der Waals surface area (Å²) in [6.45, 7) is 7.56. The number of rotatable bonds is 6. The standard InChI is InChI=1S/C21H28N4O2/c1-21(2,3)16-8-6-7-9-17(16)24-20(27)18-14-15(10-11-22-18)19(26)23-12-13-25(4)5/h6-11,14H,12-13H2,1-5H3,(H,23,26)(H,24,27). The Morgan fingerprint density at radius 2 is 1.78 bits per heavy atom. The number of hydrogen-bond donors (Lipinski definition) is 2. The molecular weight excluding hydrogens is 340 g/mol. The van der Waals surface area contributed by atoms with Crippen LogP contribution in [0.15, 0.2) is 42.6 Å². The summed E-state index contributed by atoms with van der Waals surface area (Å²) in [5, 5.41) is 5.75. The quantitative estimate of drug-likeness (QED) is 0.822. The van der Waals surface area contributed by atoms with Gasteiger partial charge in [0.1, 0.15) is 5.69 Å². The SMILES string of the molecule is CN(C)CCNC(=O)c1ccnc(C(=O)Nc2ccccc2C(C)(C)C)c1. The van der Waals surface area contributed by atoms with Crippen LogP contribution < -0.4 is 10.6 Å². The summed E-state index contributed by atoms with van der Waals surface area (Å²) in [5.74, 6) is -0.557. The Hall–Kier alpha value is -2.73. The van der Waals surface area contributed by atoms with Crippen molar-refractivity contribution in [1.29, 1.82) is 0 Å². The molecule has 0 aliphatic carbocycles. The lowest BCUT2D eigenvalue weighted by Crippen LogP contribution is -2.31. The van der Waals surface area contributed by atoms with E-state index in [1.165, 1.54) is 12.3 Å². The van der Waals surface area contributed by atoms with Crippen molar-refractivity contribution in [3.8, 4) is 0 Å². The summed E-state index contributed by atoms with van der Waals surface area (Å²) in [4.78, 5) is 31.0. The van der Waals surface area contributed by atoms with Crippen molar-refractivity contribution >= 4 is 17.5 Å². The molecule has 2 N–H and O–H groups in total. The number of nitrogens with one attached hydrogen (secondary N) is 2. The van der Waals surface area contributed by atoms with Crippen LogP contribution in [0.2, 0.25) is 0 Å². The number of amides is 2. The van der Waals surface area contributed by atoms with Gasteiger partial charge in [-0.25, -0.2) is 0 Å². The van der Waals surface area contributed by atoms with E-state index >= 15 is 0 Å². The Balaban J connectivity index is 2.13. The van der Waals surface area contributed by atoms with Gasteiger partial charge in [0.25, 0.3) is 11.8 Å². The monoisotopic (exact) mass is 368 g/mol. The second-order valence-corrected chi connectivity index (χ2v) is 7.74. The minimum absolute atomic E-state index is 0.106. The first-order valence-electron chi connectivity index (χ1n) is 8.98. The molecule has 0 radical (unpaired) electrons. The molecule has 0 saturated carbocycles. The number of hydrogen-bond acceptors (Lipinski definition) is 4. The molecule has 2 aromatic rings. The van der Waals surface area contributed by atoms with E-state index in [2.05, 4.69) is 36.4 Å². The highest BCUT2D eigenvalue weighted by Crippen LogP contribution is 2.29. The van der Waals surface area contributed by atoms with Crippen LogP contribution in [-0.4, -0.2) is 48.9 Å². The van der Waals surface area contributed by atoms with Gasteiger partial charge in [0.15, 0.2) is 0 Å². The fraction of sp³-hybridized carbons (Fsp3) is 0.381. The summed E-state index contributed by atoms with van der Waals surface area (Å²) in [5.41, 5.74) is 2.30. The zero-order valence-electron chi connectivity index (χ0n) is 16.7. The van der Waals surface area contributed by atoms with Gasteiger partial charge < -0.3 is 15.5 Å². The molecule has 2 rings (SSSR count). The van der Waals surface area contributed by atoms with Gasteiger partial charge in [-0.05, 0) is 43.3 Å². The minimum Gasteiger partial charge on any atom is -0.351 e. The molecule has 2 amide bonds. The van der Waals surface area contributed by atoms with Gasteiger partial charge in [-0.3, -0.25) is 14.6 Å². The Morgan fingerprint density at radius 1 is 1.07 bits per heavy atom. The van der Waals surface area contributed by atoms with Crippen molar-refractivity contribution in [3.63, 3.8) is 0 Å². The van der Waals surface area contributed by atoms with Crippen molar-refractivity contribution in [3.05, 3.63) is 59.4 Å². The number of carbonyl (C=O) groups is 2. The molecule has 1 aromatic heterocycles. The Bertz CT molecular complexity index is 810. The van der Waals surface area contributed by atoms with Crippen LogP contribution in [0.3, 0.4) is 0 Å². The fourth-order valence-electron chi connectivity index (χ4n) is 2.62. The Labute approximate surface area is 161 Å². The van der Waals surface area contributed by atoms with Crippen molar-refractivity contribution in [2.75, 3.05) is 32.5 Å². The summed E-state index contributed by atoms with van der Waals surface area (Å²) in [6, 6.07) is 10.8. The normalized spacial score (nSPS) is 11.3. The molecule has 6 nitrogen and oxygen atoms in total. The molecule has 0 bridgehead atoms. The lowest BCUT2D eigenvalue weighted by molar-refractivity contribution is 0.0951. The van der Waals surface area contributed by atoms with Crippen molar-refractivity contribution in [2.24, 2.45) is 0 Å². The van der Waals surface area contributed by atoms with Crippen LogP contribution in [0.4, 0.5) is 5.69 Å². The van der Waals surface area contributed by atoms with Gasteiger partial charge in [-0.15, -0.1) is 0 Å². The molecular formula is C21H28N4O2. The number of nitrogens with zero attached hydrogens (tertiary/aromatic N) is 2. The molecule has 0 aliphatic rings. The third-order valence-corrected chi connectivity index (χ3v) is 4.08. The van der Waals surface area contributed by atoms with Gasteiger partial charge >= 0.3 is 0 Å². The summed E-state index contributed by atoms with van der Waals surface area (Å²) < 4.78 is 0. The number of anilines is 1. The fourth-order valence-corrected chi connectivity index (χ4v) is 2.62. The zero-order valence-corrected chi connectivity index (χ0v) is 16.7. The predicted octanol–water partition coefficient (Wildman–Crippen LogP) is 2.92. The molecule has 0 spiro atoms. The van der Waals surface area contributed by atoms with Gasteiger partial charge in [0.05, 0.1) is 0 Å². The van der Waals surface area contributed by atoms with E-state index in [1.54, 1.807) is 6.07 Å². The Morgan fingerprint density at radius 3 is 2.44 bits per heavy atom. The highest BCUT2D eigenvalue weighted by molar-refractivity contribution is 6.05. The number of likely N-dealkylation sites (N-methyl/N-ethyl adjacent to an activating group) is 1. The third kappa shape index (κ3) is 5.89. The molecule has 0 fully saturated rings. The zero-order chi connectivity index (χ0) is 20.0. The smallest absolute Gasteiger partial charge is 0.274 e.